The zero-order chi connectivity index (χ0) is 21.2. The Hall–Kier alpha value is -3.62. The average molecular weight is 403 g/mol. The molecule has 1 aromatic heterocycles. The van der Waals surface area contributed by atoms with E-state index in [1.807, 2.05) is 13.0 Å². The van der Waals surface area contributed by atoms with E-state index in [1.165, 1.54) is 13.2 Å². The van der Waals surface area contributed by atoms with Crippen molar-refractivity contribution in [1.29, 1.82) is 0 Å². The summed E-state index contributed by atoms with van der Waals surface area (Å²) in [6.45, 7) is 1.81. The Balaban J connectivity index is 1.97. The molecule has 0 spiro atoms. The molecule has 0 amide bonds. The van der Waals surface area contributed by atoms with Crippen LogP contribution >= 0.6 is 0 Å². The second kappa shape index (κ2) is 7.78. The predicted octanol–water partition coefficient (Wildman–Crippen LogP) is 4.92. The van der Waals surface area contributed by atoms with E-state index in [1.54, 1.807) is 24.3 Å². The highest BCUT2D eigenvalue weighted by Gasteiger charge is 2.32. The zero-order valence-electron chi connectivity index (χ0n) is 15.4. The third kappa shape index (κ3) is 4.63. The number of carboxylic acids is 1. The molecule has 0 atom stereocenters. The zero-order valence-corrected chi connectivity index (χ0v) is 15.4. The number of aromatic nitrogens is 2. The monoisotopic (exact) mass is 403 g/mol. The first-order valence-electron chi connectivity index (χ1n) is 8.38. The van der Waals surface area contributed by atoms with Crippen LogP contribution in [0.3, 0.4) is 0 Å². The SMILES string of the molecule is COc1ccc(-c2cc(C)cc(Nc3nccc(C(F)(F)F)n3)c2)cc1C(=O)O. The van der Waals surface area contributed by atoms with Gasteiger partial charge in [-0.1, -0.05) is 12.1 Å². The maximum absolute atomic E-state index is 12.8. The van der Waals surface area contributed by atoms with Gasteiger partial charge in [-0.3, -0.25) is 0 Å². The number of alkyl halides is 3. The molecule has 0 saturated carbocycles. The minimum Gasteiger partial charge on any atom is -0.496 e. The van der Waals surface area contributed by atoms with Gasteiger partial charge in [0.1, 0.15) is 17.0 Å². The number of aromatic carboxylic acids is 1. The van der Waals surface area contributed by atoms with Gasteiger partial charge in [0.2, 0.25) is 5.95 Å². The Morgan fingerprint density at radius 1 is 1.10 bits per heavy atom. The first-order valence-corrected chi connectivity index (χ1v) is 8.38. The van der Waals surface area contributed by atoms with Crippen LogP contribution in [0.2, 0.25) is 0 Å². The van der Waals surface area contributed by atoms with Gasteiger partial charge in [-0.2, -0.15) is 13.2 Å². The average Bonchev–Trinajstić information content (AvgIpc) is 2.66. The molecule has 29 heavy (non-hydrogen) atoms. The summed E-state index contributed by atoms with van der Waals surface area (Å²) in [6, 6.07) is 10.7. The molecule has 0 fully saturated rings. The van der Waals surface area contributed by atoms with Crippen LogP contribution in [0.25, 0.3) is 11.1 Å². The molecule has 6 nitrogen and oxygen atoms in total. The van der Waals surface area contributed by atoms with Crippen LogP contribution in [0.15, 0.2) is 48.7 Å². The van der Waals surface area contributed by atoms with Gasteiger partial charge in [-0.25, -0.2) is 14.8 Å². The van der Waals surface area contributed by atoms with E-state index in [9.17, 15) is 23.1 Å². The quantitative estimate of drug-likeness (QED) is 0.629. The molecule has 0 saturated heterocycles. The van der Waals surface area contributed by atoms with Gasteiger partial charge < -0.3 is 15.2 Å². The Labute approximate surface area is 164 Å². The van der Waals surface area contributed by atoms with Gasteiger partial charge in [0.05, 0.1) is 7.11 Å². The van der Waals surface area contributed by atoms with Crippen molar-refractivity contribution >= 4 is 17.6 Å². The third-order valence-corrected chi connectivity index (χ3v) is 4.04. The lowest BCUT2D eigenvalue weighted by Gasteiger charge is -2.12. The summed E-state index contributed by atoms with van der Waals surface area (Å²) in [5, 5.41) is 12.1. The lowest BCUT2D eigenvalue weighted by molar-refractivity contribution is -0.141. The van der Waals surface area contributed by atoms with E-state index in [2.05, 4.69) is 15.3 Å². The van der Waals surface area contributed by atoms with E-state index in [-0.39, 0.29) is 17.3 Å². The summed E-state index contributed by atoms with van der Waals surface area (Å²) >= 11 is 0. The number of carbonyl (C=O) groups is 1. The number of aryl methyl sites for hydroxylation is 1. The Morgan fingerprint density at radius 3 is 2.52 bits per heavy atom. The van der Waals surface area contributed by atoms with Crippen molar-refractivity contribution in [3.05, 3.63) is 65.5 Å². The van der Waals surface area contributed by atoms with Crippen molar-refractivity contribution in [2.75, 3.05) is 12.4 Å². The lowest BCUT2D eigenvalue weighted by atomic mass is 10.00. The fourth-order valence-electron chi connectivity index (χ4n) is 2.78. The van der Waals surface area contributed by atoms with Crippen LogP contribution in [0.1, 0.15) is 21.6 Å². The number of hydrogen-bond donors (Lipinski definition) is 2. The number of anilines is 2. The maximum Gasteiger partial charge on any atom is 0.433 e. The van der Waals surface area contributed by atoms with E-state index in [0.717, 1.165) is 17.8 Å². The van der Waals surface area contributed by atoms with Crippen LogP contribution in [0.5, 0.6) is 5.75 Å². The molecule has 0 aliphatic heterocycles. The summed E-state index contributed by atoms with van der Waals surface area (Å²) in [7, 11) is 1.38. The second-order valence-corrected chi connectivity index (χ2v) is 6.20. The third-order valence-electron chi connectivity index (χ3n) is 4.04. The molecule has 0 aliphatic rings. The molecule has 1 heterocycles. The molecular weight excluding hydrogens is 387 g/mol. The largest absolute Gasteiger partial charge is 0.496 e. The topological polar surface area (TPSA) is 84.3 Å². The fraction of sp³-hybridized carbons (Fsp3) is 0.150. The number of ether oxygens (including phenoxy) is 1. The number of nitrogens with zero attached hydrogens (tertiary/aromatic N) is 2. The van der Waals surface area contributed by atoms with E-state index >= 15 is 0 Å². The minimum atomic E-state index is -4.58. The predicted molar refractivity (Wildman–Crippen MR) is 100 cm³/mol. The molecular formula is C20H16F3N3O3. The molecule has 2 N–H and O–H groups in total. The highest BCUT2D eigenvalue weighted by molar-refractivity contribution is 5.93. The van der Waals surface area contributed by atoms with Crippen LogP contribution in [0.4, 0.5) is 24.8 Å². The van der Waals surface area contributed by atoms with Gasteiger partial charge in [0, 0.05) is 11.9 Å². The number of hydrogen-bond acceptors (Lipinski definition) is 5. The minimum absolute atomic E-state index is 0.00206. The van der Waals surface area contributed by atoms with Gasteiger partial charge >= 0.3 is 12.1 Å². The van der Waals surface area contributed by atoms with Crippen LogP contribution in [0, 0.1) is 6.92 Å². The Kier molecular flexibility index (Phi) is 5.40. The van der Waals surface area contributed by atoms with Crippen molar-refractivity contribution in [3.8, 4) is 16.9 Å². The Bertz CT molecular complexity index is 1070. The second-order valence-electron chi connectivity index (χ2n) is 6.20. The number of rotatable bonds is 5. The maximum atomic E-state index is 12.8. The number of benzene rings is 2. The molecule has 9 heteroatoms. The van der Waals surface area contributed by atoms with E-state index in [0.29, 0.717) is 16.8 Å². The summed E-state index contributed by atoms with van der Waals surface area (Å²) in [5.41, 5.74) is 1.51. The Morgan fingerprint density at radius 2 is 1.86 bits per heavy atom. The molecule has 0 unspecified atom stereocenters. The molecule has 0 bridgehead atoms. The van der Waals surface area contributed by atoms with Crippen molar-refractivity contribution in [2.24, 2.45) is 0 Å². The number of methoxy groups -OCH3 is 1. The van der Waals surface area contributed by atoms with Crippen molar-refractivity contribution in [2.45, 2.75) is 13.1 Å². The highest BCUT2D eigenvalue weighted by Crippen LogP contribution is 2.31. The van der Waals surface area contributed by atoms with Crippen molar-refractivity contribution in [3.63, 3.8) is 0 Å². The summed E-state index contributed by atoms with van der Waals surface area (Å²) < 4.78 is 43.6. The number of carboxylic acid groups (broad SMARTS) is 1. The highest BCUT2D eigenvalue weighted by atomic mass is 19.4. The van der Waals surface area contributed by atoms with Crippen molar-refractivity contribution in [1.82, 2.24) is 9.97 Å². The van der Waals surface area contributed by atoms with E-state index < -0.39 is 17.8 Å². The first-order chi connectivity index (χ1) is 13.7. The smallest absolute Gasteiger partial charge is 0.433 e. The van der Waals surface area contributed by atoms with Crippen LogP contribution < -0.4 is 10.1 Å². The van der Waals surface area contributed by atoms with Gasteiger partial charge in [0.25, 0.3) is 0 Å². The molecule has 0 radical (unpaired) electrons. The standard InChI is InChI=1S/C20H16F3N3O3/c1-11-7-13(12-3-4-16(29-2)15(10-12)18(27)28)9-14(8-11)25-19-24-6-5-17(26-19)20(21,22)23/h3-10H,1-2H3,(H,27,28)(H,24,25,26). The van der Waals surface area contributed by atoms with Gasteiger partial charge in [0.15, 0.2) is 0 Å². The molecule has 3 aromatic rings. The van der Waals surface area contributed by atoms with E-state index in [4.69, 9.17) is 4.74 Å². The number of nitrogens with one attached hydrogen (secondary N) is 1. The van der Waals surface area contributed by atoms with Gasteiger partial charge in [-0.15, -0.1) is 0 Å². The normalized spacial score (nSPS) is 11.2. The van der Waals surface area contributed by atoms with Crippen LogP contribution in [-0.2, 0) is 6.18 Å². The van der Waals surface area contributed by atoms with Crippen molar-refractivity contribution < 1.29 is 27.8 Å². The number of halogens is 3. The first kappa shape index (κ1) is 20.1. The fourth-order valence-corrected chi connectivity index (χ4v) is 2.78. The summed E-state index contributed by atoms with van der Waals surface area (Å²) in [6.07, 6.45) is -3.55. The summed E-state index contributed by atoms with van der Waals surface area (Å²) in [4.78, 5) is 18.8. The van der Waals surface area contributed by atoms with Gasteiger partial charge in [-0.05, 0) is 53.9 Å². The molecule has 3 rings (SSSR count). The molecule has 150 valence electrons. The molecule has 2 aromatic carbocycles. The van der Waals surface area contributed by atoms with Crippen LogP contribution in [-0.4, -0.2) is 28.2 Å². The molecule has 0 aliphatic carbocycles. The summed E-state index contributed by atoms with van der Waals surface area (Å²) in [5.74, 6) is -1.10. The lowest BCUT2D eigenvalue weighted by Crippen LogP contribution is -2.10.